The maximum Gasteiger partial charge on any atom is 0.262 e. The summed E-state index contributed by atoms with van der Waals surface area (Å²) in [5.41, 5.74) is 5.57. The minimum Gasteiger partial charge on any atom is -0.490 e. The molecule has 8 nitrogen and oxygen atoms in total. The van der Waals surface area contributed by atoms with Crippen LogP contribution in [0.1, 0.15) is 12.5 Å². The van der Waals surface area contributed by atoms with Gasteiger partial charge in [-0.15, -0.1) is 0 Å². The van der Waals surface area contributed by atoms with E-state index in [1.165, 1.54) is 13.2 Å². The first kappa shape index (κ1) is 21.5. The fourth-order valence-electron chi connectivity index (χ4n) is 1.89. The third-order valence-electron chi connectivity index (χ3n) is 2.96. The van der Waals surface area contributed by atoms with Crippen LogP contribution in [0.2, 0.25) is 0 Å². The average Bonchev–Trinajstić information content (AvgIpc) is 2.59. The number of hydrogen-bond acceptors (Lipinski definition) is 6. The fourth-order valence-corrected chi connectivity index (χ4v) is 2.47. The summed E-state index contributed by atoms with van der Waals surface area (Å²) in [5, 5.41) is 11.8. The zero-order chi connectivity index (χ0) is 19.5. The highest BCUT2D eigenvalue weighted by Crippen LogP contribution is 2.37. The van der Waals surface area contributed by atoms with Gasteiger partial charge in [0.15, 0.2) is 18.1 Å². The van der Waals surface area contributed by atoms with Crippen LogP contribution in [-0.4, -0.2) is 45.3 Å². The Kier molecular flexibility index (Phi) is 9.19. The van der Waals surface area contributed by atoms with E-state index in [2.05, 4.69) is 21.2 Å². The Bertz CT molecular complexity index is 728. The van der Waals surface area contributed by atoms with Crippen molar-refractivity contribution in [1.29, 1.82) is 5.26 Å². The lowest BCUT2D eigenvalue weighted by atomic mass is 10.1. The number of carbonyl (C=O) groups excluding carboxylic acids is 2. The van der Waals surface area contributed by atoms with Gasteiger partial charge in [0, 0.05) is 13.7 Å². The van der Waals surface area contributed by atoms with E-state index >= 15 is 0 Å². The maximum absolute atomic E-state index is 12.0. The molecule has 1 aromatic rings. The van der Waals surface area contributed by atoms with Crippen LogP contribution >= 0.6 is 15.9 Å². The number of methoxy groups -OCH3 is 1. The summed E-state index contributed by atoms with van der Waals surface area (Å²) < 4.78 is 16.2. The van der Waals surface area contributed by atoms with Gasteiger partial charge in [-0.3, -0.25) is 9.59 Å². The molecule has 26 heavy (non-hydrogen) atoms. The number of benzene rings is 1. The molecule has 0 fully saturated rings. The van der Waals surface area contributed by atoms with Gasteiger partial charge in [-0.05, 0) is 46.6 Å². The van der Waals surface area contributed by atoms with Crippen LogP contribution < -0.4 is 20.5 Å². The van der Waals surface area contributed by atoms with Crippen LogP contribution in [-0.2, 0) is 14.3 Å². The first-order chi connectivity index (χ1) is 12.4. The van der Waals surface area contributed by atoms with Crippen molar-refractivity contribution in [2.45, 2.75) is 6.92 Å². The molecule has 9 heteroatoms. The van der Waals surface area contributed by atoms with E-state index in [1.54, 1.807) is 19.1 Å². The highest BCUT2D eigenvalue weighted by atomic mass is 79.9. The van der Waals surface area contributed by atoms with Crippen molar-refractivity contribution in [3.63, 3.8) is 0 Å². The Morgan fingerprint density at radius 1 is 1.38 bits per heavy atom. The molecule has 3 N–H and O–H groups in total. The van der Waals surface area contributed by atoms with Gasteiger partial charge in [0.2, 0.25) is 0 Å². The molecule has 0 atom stereocenters. The van der Waals surface area contributed by atoms with E-state index in [4.69, 9.17) is 19.9 Å². The standard InChI is InChI=1S/C17H20BrN3O5/c1-3-25-14-8-11(7-13(18)16(14)26-10-15(20)22)6-12(9-19)17(23)21-4-5-24-2/h6-8H,3-5,10H2,1-2H3,(H2,20,22)(H,21,23)/b12-6+. The van der Waals surface area contributed by atoms with E-state index in [0.717, 1.165) is 0 Å². The summed E-state index contributed by atoms with van der Waals surface area (Å²) in [6, 6.07) is 5.10. The predicted molar refractivity (Wildman–Crippen MR) is 98.5 cm³/mol. The number of primary amides is 1. The molecule has 0 saturated carbocycles. The number of ether oxygens (including phenoxy) is 3. The Morgan fingerprint density at radius 3 is 2.69 bits per heavy atom. The first-order valence-electron chi connectivity index (χ1n) is 7.69. The average molecular weight is 426 g/mol. The van der Waals surface area contributed by atoms with Gasteiger partial charge in [0.25, 0.3) is 11.8 Å². The van der Waals surface area contributed by atoms with E-state index < -0.39 is 11.8 Å². The van der Waals surface area contributed by atoms with Crippen LogP contribution in [0.15, 0.2) is 22.2 Å². The maximum atomic E-state index is 12.0. The van der Waals surface area contributed by atoms with Crippen LogP contribution in [0.5, 0.6) is 11.5 Å². The number of nitriles is 1. The summed E-state index contributed by atoms with van der Waals surface area (Å²) >= 11 is 3.33. The number of nitrogens with zero attached hydrogens (tertiary/aromatic N) is 1. The monoisotopic (exact) mass is 425 g/mol. The van der Waals surface area contributed by atoms with Crippen molar-refractivity contribution < 1.29 is 23.8 Å². The van der Waals surface area contributed by atoms with Crippen molar-refractivity contribution in [1.82, 2.24) is 5.32 Å². The van der Waals surface area contributed by atoms with E-state index in [0.29, 0.717) is 41.3 Å². The molecule has 0 radical (unpaired) electrons. The van der Waals surface area contributed by atoms with Crippen LogP contribution in [0, 0.1) is 11.3 Å². The van der Waals surface area contributed by atoms with Crippen molar-refractivity contribution in [2.24, 2.45) is 5.73 Å². The lowest BCUT2D eigenvalue weighted by Gasteiger charge is -2.14. The van der Waals surface area contributed by atoms with Crippen LogP contribution in [0.25, 0.3) is 6.08 Å². The Hall–Kier alpha value is -2.57. The highest BCUT2D eigenvalue weighted by molar-refractivity contribution is 9.10. The van der Waals surface area contributed by atoms with Crippen molar-refractivity contribution in [3.05, 3.63) is 27.7 Å². The molecule has 0 unspecified atom stereocenters. The molecule has 140 valence electrons. The van der Waals surface area contributed by atoms with E-state index in [1.807, 2.05) is 6.07 Å². The molecular weight excluding hydrogens is 406 g/mol. The number of hydrogen-bond donors (Lipinski definition) is 2. The number of nitrogens with one attached hydrogen (secondary N) is 1. The number of amides is 2. The Morgan fingerprint density at radius 2 is 2.12 bits per heavy atom. The van der Waals surface area contributed by atoms with Gasteiger partial charge in [-0.25, -0.2) is 0 Å². The van der Waals surface area contributed by atoms with Crippen molar-refractivity contribution in [2.75, 3.05) is 33.5 Å². The minimum absolute atomic E-state index is 0.0683. The zero-order valence-corrected chi connectivity index (χ0v) is 16.1. The molecular formula is C17H20BrN3O5. The van der Waals surface area contributed by atoms with Gasteiger partial charge >= 0.3 is 0 Å². The summed E-state index contributed by atoms with van der Waals surface area (Å²) in [6.45, 7) is 2.48. The lowest BCUT2D eigenvalue weighted by Crippen LogP contribution is -2.27. The molecule has 1 rings (SSSR count). The lowest BCUT2D eigenvalue weighted by molar-refractivity contribution is -0.120. The normalized spacial score (nSPS) is 10.8. The zero-order valence-electron chi connectivity index (χ0n) is 14.5. The number of rotatable bonds is 10. The molecule has 0 spiro atoms. The first-order valence-corrected chi connectivity index (χ1v) is 8.48. The fraction of sp³-hybridized carbons (Fsp3) is 0.353. The summed E-state index contributed by atoms with van der Waals surface area (Å²) in [7, 11) is 1.52. The van der Waals surface area contributed by atoms with Gasteiger partial charge < -0.3 is 25.3 Å². The molecule has 0 aliphatic heterocycles. The molecule has 0 aliphatic carbocycles. The van der Waals surface area contributed by atoms with Crippen molar-refractivity contribution >= 4 is 33.8 Å². The molecule has 0 aliphatic rings. The minimum atomic E-state index is -0.622. The van der Waals surface area contributed by atoms with Gasteiger partial charge in [0.05, 0.1) is 17.7 Å². The van der Waals surface area contributed by atoms with E-state index in [-0.39, 0.29) is 12.2 Å². The molecule has 0 saturated heterocycles. The summed E-state index contributed by atoms with van der Waals surface area (Å²) in [6.07, 6.45) is 1.42. The molecule has 0 aromatic heterocycles. The summed E-state index contributed by atoms with van der Waals surface area (Å²) in [5.74, 6) is -0.465. The molecule has 2 amide bonds. The summed E-state index contributed by atoms with van der Waals surface area (Å²) in [4.78, 5) is 22.9. The topological polar surface area (TPSA) is 124 Å². The van der Waals surface area contributed by atoms with Crippen LogP contribution in [0.4, 0.5) is 0 Å². The third kappa shape index (κ3) is 6.74. The van der Waals surface area contributed by atoms with Gasteiger partial charge in [-0.2, -0.15) is 5.26 Å². The number of carbonyl (C=O) groups is 2. The second kappa shape index (κ2) is 11.1. The number of nitrogens with two attached hydrogens (primary N) is 1. The number of halogens is 1. The smallest absolute Gasteiger partial charge is 0.262 e. The third-order valence-corrected chi connectivity index (χ3v) is 3.55. The van der Waals surface area contributed by atoms with Crippen molar-refractivity contribution in [3.8, 4) is 17.6 Å². The SMILES string of the molecule is CCOc1cc(/C=C(\C#N)C(=O)NCCOC)cc(Br)c1OCC(N)=O. The quantitative estimate of drug-likeness (QED) is 0.331. The largest absolute Gasteiger partial charge is 0.490 e. The molecule has 1 aromatic carbocycles. The Balaban J connectivity index is 3.13. The molecule has 0 heterocycles. The van der Waals surface area contributed by atoms with Crippen LogP contribution in [0.3, 0.4) is 0 Å². The molecule has 0 bridgehead atoms. The highest BCUT2D eigenvalue weighted by Gasteiger charge is 2.14. The second-order valence-corrected chi connectivity index (χ2v) is 5.79. The predicted octanol–water partition coefficient (Wildman–Crippen LogP) is 1.38. The second-order valence-electron chi connectivity index (χ2n) is 4.94. The Labute approximate surface area is 160 Å². The van der Waals surface area contributed by atoms with Gasteiger partial charge in [0.1, 0.15) is 11.6 Å². The van der Waals surface area contributed by atoms with Gasteiger partial charge in [-0.1, -0.05) is 0 Å². The van der Waals surface area contributed by atoms with E-state index in [9.17, 15) is 14.9 Å².